The number of benzene rings is 1. The maximum absolute atomic E-state index is 5.89. The fourth-order valence-corrected chi connectivity index (χ4v) is 2.68. The minimum absolute atomic E-state index is 0.0554. The van der Waals surface area contributed by atoms with E-state index in [9.17, 15) is 0 Å². The van der Waals surface area contributed by atoms with Gasteiger partial charge in [-0.25, -0.2) is 0 Å². The highest BCUT2D eigenvalue weighted by atomic mass is 79.9. The first-order chi connectivity index (χ1) is 8.61. The Balaban J connectivity index is 2.20. The van der Waals surface area contributed by atoms with Gasteiger partial charge in [-0.15, -0.1) is 6.42 Å². The van der Waals surface area contributed by atoms with Gasteiger partial charge in [-0.1, -0.05) is 12.0 Å². The molecule has 0 amide bonds. The quantitative estimate of drug-likeness (QED) is 0.846. The second-order valence-corrected chi connectivity index (χ2v) is 5.88. The van der Waals surface area contributed by atoms with Gasteiger partial charge in [0.2, 0.25) is 0 Å². The zero-order valence-electron chi connectivity index (χ0n) is 10.7. The van der Waals surface area contributed by atoms with Gasteiger partial charge in [-0.05, 0) is 59.3 Å². The topological polar surface area (TPSA) is 29.3 Å². The molecule has 0 unspecified atom stereocenters. The van der Waals surface area contributed by atoms with E-state index in [1.165, 1.54) is 18.5 Å². The van der Waals surface area contributed by atoms with Gasteiger partial charge < -0.3 is 10.6 Å². The summed E-state index contributed by atoms with van der Waals surface area (Å²) in [5.41, 5.74) is 8.20. The zero-order chi connectivity index (χ0) is 13.1. The molecule has 1 saturated carbocycles. The molecule has 0 aromatic heterocycles. The highest BCUT2D eigenvalue weighted by Gasteiger charge is 2.25. The third kappa shape index (κ3) is 3.28. The summed E-state index contributed by atoms with van der Waals surface area (Å²) in [5.74, 6) is 3.56. The molecule has 1 aliphatic carbocycles. The van der Waals surface area contributed by atoms with Crippen LogP contribution < -0.4 is 10.6 Å². The Morgan fingerprint density at radius 2 is 2.28 bits per heavy atom. The summed E-state index contributed by atoms with van der Waals surface area (Å²) < 4.78 is 1.08. The molecule has 0 aliphatic heterocycles. The van der Waals surface area contributed by atoms with Crippen LogP contribution in [0.5, 0.6) is 0 Å². The lowest BCUT2D eigenvalue weighted by atomic mass is 10.1. The van der Waals surface area contributed by atoms with Crippen molar-refractivity contribution in [2.75, 3.05) is 18.0 Å². The van der Waals surface area contributed by atoms with Crippen molar-refractivity contribution in [2.45, 2.75) is 25.8 Å². The zero-order valence-corrected chi connectivity index (χ0v) is 12.3. The number of anilines is 1. The maximum atomic E-state index is 5.89. The number of rotatable bonds is 5. The van der Waals surface area contributed by atoms with Gasteiger partial charge in [0, 0.05) is 17.1 Å². The number of hydrogen-bond acceptors (Lipinski definition) is 2. The van der Waals surface area contributed by atoms with Crippen LogP contribution in [-0.2, 0) is 0 Å². The van der Waals surface area contributed by atoms with Crippen molar-refractivity contribution in [1.82, 2.24) is 0 Å². The predicted octanol–water partition coefficient (Wildman–Crippen LogP) is 3.32. The molecule has 1 atom stereocenters. The fourth-order valence-electron chi connectivity index (χ4n) is 2.03. The minimum atomic E-state index is 0.0554. The van der Waals surface area contributed by atoms with Crippen molar-refractivity contribution in [3.63, 3.8) is 0 Å². The van der Waals surface area contributed by atoms with Crippen LogP contribution in [0.25, 0.3) is 0 Å². The summed E-state index contributed by atoms with van der Waals surface area (Å²) in [5, 5.41) is 0. The molecule has 3 heteroatoms. The lowest BCUT2D eigenvalue weighted by molar-refractivity contribution is 0.762. The molecule has 0 radical (unpaired) electrons. The van der Waals surface area contributed by atoms with E-state index >= 15 is 0 Å². The van der Waals surface area contributed by atoms with Gasteiger partial charge in [0.1, 0.15) is 0 Å². The van der Waals surface area contributed by atoms with Crippen LogP contribution in [0, 0.1) is 18.3 Å². The van der Waals surface area contributed by atoms with Crippen molar-refractivity contribution in [1.29, 1.82) is 0 Å². The Hall–Kier alpha value is -0.980. The number of halogens is 1. The van der Waals surface area contributed by atoms with Crippen LogP contribution in [0.2, 0.25) is 0 Å². The summed E-state index contributed by atoms with van der Waals surface area (Å²) in [4.78, 5) is 2.27. The summed E-state index contributed by atoms with van der Waals surface area (Å²) in [6, 6.07) is 6.35. The fraction of sp³-hybridized carbons (Fsp3) is 0.467. The average molecular weight is 307 g/mol. The predicted molar refractivity (Wildman–Crippen MR) is 80.5 cm³/mol. The van der Waals surface area contributed by atoms with Crippen LogP contribution in [0.15, 0.2) is 22.7 Å². The van der Waals surface area contributed by atoms with Crippen molar-refractivity contribution >= 4 is 21.6 Å². The molecule has 1 fully saturated rings. The lowest BCUT2D eigenvalue weighted by Gasteiger charge is -2.24. The van der Waals surface area contributed by atoms with Crippen molar-refractivity contribution in [3.05, 3.63) is 28.2 Å². The van der Waals surface area contributed by atoms with E-state index < -0.39 is 0 Å². The molecule has 2 N–H and O–H groups in total. The van der Waals surface area contributed by atoms with E-state index in [0.29, 0.717) is 6.54 Å². The van der Waals surface area contributed by atoms with E-state index in [0.717, 1.165) is 22.5 Å². The number of hydrogen-bond donors (Lipinski definition) is 1. The second kappa shape index (κ2) is 5.77. The number of terminal acetylenes is 1. The SMILES string of the molecule is C#CCN(CC1CC1)c1ccc([C@H](C)N)cc1Br. The molecular formula is C15H19BrN2. The van der Waals surface area contributed by atoms with Crippen LogP contribution >= 0.6 is 15.9 Å². The van der Waals surface area contributed by atoms with Crippen LogP contribution in [0.4, 0.5) is 5.69 Å². The molecule has 1 aromatic carbocycles. The number of nitrogens with two attached hydrogens (primary N) is 1. The summed E-state index contributed by atoms with van der Waals surface area (Å²) in [7, 11) is 0. The van der Waals surface area contributed by atoms with Gasteiger partial charge in [-0.2, -0.15) is 0 Å². The van der Waals surface area contributed by atoms with Gasteiger partial charge in [-0.3, -0.25) is 0 Å². The molecule has 0 spiro atoms. The van der Waals surface area contributed by atoms with E-state index in [-0.39, 0.29) is 6.04 Å². The van der Waals surface area contributed by atoms with E-state index in [2.05, 4.69) is 44.9 Å². The monoisotopic (exact) mass is 306 g/mol. The van der Waals surface area contributed by atoms with E-state index in [1.54, 1.807) is 0 Å². The van der Waals surface area contributed by atoms with Crippen LogP contribution in [-0.4, -0.2) is 13.1 Å². The van der Waals surface area contributed by atoms with E-state index in [4.69, 9.17) is 12.2 Å². The third-order valence-corrected chi connectivity index (χ3v) is 3.93. The molecular weight excluding hydrogens is 288 g/mol. The molecule has 96 valence electrons. The molecule has 18 heavy (non-hydrogen) atoms. The standard InChI is InChI=1S/C15H19BrN2/c1-3-8-18(10-12-4-5-12)15-7-6-13(11(2)17)9-14(15)16/h1,6-7,9,11-12H,4-5,8,10,17H2,2H3/t11-/m0/s1. The molecule has 0 bridgehead atoms. The van der Waals surface area contributed by atoms with Crippen LogP contribution in [0.3, 0.4) is 0 Å². The normalized spacial score (nSPS) is 16.1. The van der Waals surface area contributed by atoms with Crippen LogP contribution in [0.1, 0.15) is 31.4 Å². The van der Waals surface area contributed by atoms with Gasteiger partial charge in [0.25, 0.3) is 0 Å². The largest absolute Gasteiger partial charge is 0.359 e. The smallest absolute Gasteiger partial charge is 0.0792 e. The lowest BCUT2D eigenvalue weighted by Crippen LogP contribution is -2.26. The van der Waals surface area contributed by atoms with Crippen molar-refractivity contribution < 1.29 is 0 Å². The molecule has 1 aromatic rings. The molecule has 1 aliphatic rings. The average Bonchev–Trinajstić information content (AvgIpc) is 3.12. The number of nitrogens with zero attached hydrogens (tertiary/aromatic N) is 1. The Morgan fingerprint density at radius 1 is 1.56 bits per heavy atom. The first kappa shape index (κ1) is 13.5. The third-order valence-electron chi connectivity index (χ3n) is 3.30. The molecule has 0 saturated heterocycles. The summed E-state index contributed by atoms with van der Waals surface area (Å²) in [6.07, 6.45) is 8.12. The van der Waals surface area contributed by atoms with Crippen molar-refractivity contribution in [3.8, 4) is 12.3 Å². The highest BCUT2D eigenvalue weighted by Crippen LogP contribution is 2.34. The minimum Gasteiger partial charge on any atom is -0.359 e. The highest BCUT2D eigenvalue weighted by molar-refractivity contribution is 9.10. The molecule has 2 rings (SSSR count). The molecule has 2 nitrogen and oxygen atoms in total. The van der Waals surface area contributed by atoms with Gasteiger partial charge >= 0.3 is 0 Å². The maximum Gasteiger partial charge on any atom is 0.0792 e. The second-order valence-electron chi connectivity index (χ2n) is 5.03. The Morgan fingerprint density at radius 3 is 2.78 bits per heavy atom. The van der Waals surface area contributed by atoms with Gasteiger partial charge in [0.15, 0.2) is 0 Å². The first-order valence-electron chi connectivity index (χ1n) is 6.35. The Bertz CT molecular complexity index is 458. The summed E-state index contributed by atoms with van der Waals surface area (Å²) >= 11 is 3.63. The Kier molecular flexibility index (Phi) is 4.31. The molecule has 0 heterocycles. The van der Waals surface area contributed by atoms with E-state index in [1.807, 2.05) is 6.92 Å². The van der Waals surface area contributed by atoms with Gasteiger partial charge in [0.05, 0.1) is 12.2 Å². The van der Waals surface area contributed by atoms with Crippen molar-refractivity contribution in [2.24, 2.45) is 11.7 Å². The first-order valence-corrected chi connectivity index (χ1v) is 7.14. The Labute approximate surface area is 118 Å². The summed E-state index contributed by atoms with van der Waals surface area (Å²) in [6.45, 7) is 3.71.